The van der Waals surface area contributed by atoms with Gasteiger partial charge in [-0.25, -0.2) is 8.42 Å². The third kappa shape index (κ3) is 4.61. The number of carbonyl (C=O) groups is 2. The van der Waals surface area contributed by atoms with Gasteiger partial charge in [0.1, 0.15) is 16.6 Å². The number of anilines is 2. The number of nitrogens with one attached hydrogen (secondary N) is 2. The maximum Gasteiger partial charge on any atom is 0.286 e. The summed E-state index contributed by atoms with van der Waals surface area (Å²) in [6.07, 6.45) is 7.67. The number of benzene rings is 2. The molecule has 2 unspecified atom stereocenters. The second-order valence-electron chi connectivity index (χ2n) is 9.97. The van der Waals surface area contributed by atoms with Crippen LogP contribution in [-0.2, 0) is 30.3 Å². The molecule has 2 N–H and O–H groups in total. The molecule has 1 saturated carbocycles. The molecule has 5 rings (SSSR count). The Morgan fingerprint density at radius 2 is 1.84 bits per heavy atom. The van der Waals surface area contributed by atoms with Crippen LogP contribution in [0.3, 0.4) is 0 Å². The summed E-state index contributed by atoms with van der Waals surface area (Å²) in [5, 5.41) is 2.88. The predicted octanol–water partition coefficient (Wildman–Crippen LogP) is 3.80. The van der Waals surface area contributed by atoms with E-state index in [-0.39, 0.29) is 22.1 Å². The largest absolute Gasteiger partial charge is 0.341 e. The fourth-order valence-corrected chi connectivity index (χ4v) is 7.06. The van der Waals surface area contributed by atoms with Crippen molar-refractivity contribution in [1.82, 2.24) is 0 Å². The van der Waals surface area contributed by atoms with Crippen LogP contribution in [-0.4, -0.2) is 40.5 Å². The number of allylic oxidation sites excluding steroid dienone is 2. The van der Waals surface area contributed by atoms with E-state index in [0.717, 1.165) is 38.0 Å². The number of hydrogen-bond acceptors (Lipinski definition) is 7. The summed E-state index contributed by atoms with van der Waals surface area (Å²) in [6, 6.07) is 10.9. The number of ketones is 2. The molecule has 0 amide bonds. The molecule has 0 spiro atoms. The van der Waals surface area contributed by atoms with Crippen molar-refractivity contribution in [2.45, 2.75) is 49.3 Å². The van der Waals surface area contributed by atoms with Gasteiger partial charge in [-0.1, -0.05) is 35.9 Å². The van der Waals surface area contributed by atoms with Crippen LogP contribution in [0, 0.1) is 5.92 Å². The van der Waals surface area contributed by atoms with Gasteiger partial charge in [0.2, 0.25) is 10.0 Å². The van der Waals surface area contributed by atoms with E-state index in [9.17, 15) is 26.4 Å². The van der Waals surface area contributed by atoms with Crippen LogP contribution >= 0.6 is 0 Å². The van der Waals surface area contributed by atoms with Crippen molar-refractivity contribution in [3.63, 3.8) is 0 Å². The summed E-state index contributed by atoms with van der Waals surface area (Å²) >= 11 is 0. The summed E-state index contributed by atoms with van der Waals surface area (Å²) in [7, 11) is -7.96. The highest BCUT2D eigenvalue weighted by Crippen LogP contribution is 2.42. The number of hydrogen-bond donors (Lipinski definition) is 2. The van der Waals surface area contributed by atoms with Crippen LogP contribution in [0.2, 0.25) is 0 Å². The summed E-state index contributed by atoms with van der Waals surface area (Å²) < 4.78 is 55.5. The van der Waals surface area contributed by atoms with Crippen LogP contribution in [0.4, 0.5) is 11.4 Å². The molecule has 0 aromatic heterocycles. The molecular weight excluding hydrogens is 514 g/mol. The Balaban J connectivity index is 1.56. The lowest BCUT2D eigenvalue weighted by molar-refractivity contribution is -0.125. The highest BCUT2D eigenvalue weighted by Gasteiger charge is 2.51. The average Bonchev–Trinajstić information content (AvgIpc) is 3.35. The van der Waals surface area contributed by atoms with Gasteiger partial charge in [-0.2, -0.15) is 8.42 Å². The van der Waals surface area contributed by atoms with Gasteiger partial charge in [-0.3, -0.25) is 14.3 Å². The third-order valence-electron chi connectivity index (χ3n) is 7.22. The maximum atomic E-state index is 14.0. The minimum atomic E-state index is -4.33. The molecule has 0 radical (unpaired) electrons. The minimum absolute atomic E-state index is 0.0524. The molecule has 2 aromatic carbocycles. The first kappa shape index (κ1) is 25.3. The number of fused-ring (bicyclic) bond motifs is 2. The number of sulfonamides is 2. The quantitative estimate of drug-likeness (QED) is 0.434. The van der Waals surface area contributed by atoms with Gasteiger partial charge in [-0.05, 0) is 62.8 Å². The van der Waals surface area contributed by atoms with Gasteiger partial charge in [0.05, 0.1) is 17.4 Å². The van der Waals surface area contributed by atoms with Crippen LogP contribution in [0.25, 0.3) is 0 Å². The molecule has 37 heavy (non-hydrogen) atoms. The zero-order chi connectivity index (χ0) is 26.6. The summed E-state index contributed by atoms with van der Waals surface area (Å²) in [6.45, 7) is 1.80. The highest BCUT2D eigenvalue weighted by atomic mass is 32.2. The van der Waals surface area contributed by atoms with Crippen molar-refractivity contribution >= 4 is 48.8 Å². The van der Waals surface area contributed by atoms with Crippen molar-refractivity contribution < 1.29 is 26.4 Å². The molecule has 1 fully saturated rings. The lowest BCUT2D eigenvalue weighted by Gasteiger charge is -2.38. The van der Waals surface area contributed by atoms with Crippen LogP contribution in [0.5, 0.6) is 0 Å². The second-order valence-corrected chi connectivity index (χ2v) is 13.3. The Bertz CT molecular complexity index is 1600. The molecule has 1 aliphatic heterocycles. The molecule has 194 valence electrons. The third-order valence-corrected chi connectivity index (χ3v) is 9.15. The maximum absolute atomic E-state index is 14.0. The van der Waals surface area contributed by atoms with E-state index in [1.165, 1.54) is 17.7 Å². The first-order chi connectivity index (χ1) is 17.4. The monoisotopic (exact) mass is 541 g/mol. The van der Waals surface area contributed by atoms with Crippen molar-refractivity contribution in [2.24, 2.45) is 10.3 Å². The number of rotatable bonds is 5. The number of amidine groups is 1. The Kier molecular flexibility index (Phi) is 6.11. The fraction of sp³-hybridized carbons (Fsp3) is 0.346. The zero-order valence-electron chi connectivity index (χ0n) is 20.4. The van der Waals surface area contributed by atoms with Gasteiger partial charge in [0, 0.05) is 11.3 Å². The zero-order valence-corrected chi connectivity index (χ0v) is 22.1. The normalized spacial score (nSPS) is 24.5. The van der Waals surface area contributed by atoms with E-state index < -0.39 is 42.9 Å². The summed E-state index contributed by atoms with van der Waals surface area (Å²) in [5.74, 6) is -2.59. The molecule has 0 saturated heterocycles. The molecule has 2 aliphatic carbocycles. The van der Waals surface area contributed by atoms with Gasteiger partial charge in [-0.15, -0.1) is 4.40 Å². The van der Waals surface area contributed by atoms with Crippen LogP contribution in [0.1, 0.15) is 54.9 Å². The van der Waals surface area contributed by atoms with E-state index in [2.05, 4.69) is 20.5 Å². The number of carbonyl (C=O) groups excluding carboxylic acids is 2. The molecule has 3 aliphatic rings. The van der Waals surface area contributed by atoms with Crippen molar-refractivity contribution in [2.75, 3.05) is 16.3 Å². The second kappa shape index (κ2) is 8.91. The molecule has 9 nitrogen and oxygen atoms in total. The topological polar surface area (TPSA) is 139 Å². The first-order valence-electron chi connectivity index (χ1n) is 12.0. The number of Topliss-reactive ketones (excluding diaryl/α,β-unsaturated/α-hetero) is 2. The minimum Gasteiger partial charge on any atom is -0.341 e. The van der Waals surface area contributed by atoms with E-state index in [1.54, 1.807) is 31.2 Å². The first-order valence-corrected chi connectivity index (χ1v) is 15.3. The Morgan fingerprint density at radius 3 is 2.54 bits per heavy atom. The predicted molar refractivity (Wildman–Crippen MR) is 141 cm³/mol. The molecule has 0 bridgehead atoms. The Hall–Kier alpha value is -3.31. The van der Waals surface area contributed by atoms with Gasteiger partial charge >= 0.3 is 0 Å². The van der Waals surface area contributed by atoms with E-state index in [4.69, 9.17) is 0 Å². The highest BCUT2D eigenvalue weighted by molar-refractivity contribution is 7.92. The summed E-state index contributed by atoms with van der Waals surface area (Å²) in [4.78, 5) is 27.3. The van der Waals surface area contributed by atoms with Gasteiger partial charge in [0.25, 0.3) is 10.0 Å². The SMILES string of the molecule is CC1(CC=C2CCCC2)C(=O)C(C2=NS(=O)(=O)c3cc(NS(C)(=O)=O)ccc3N2)C(=O)c2ccccc21. The van der Waals surface area contributed by atoms with Gasteiger partial charge < -0.3 is 5.32 Å². The molecular formula is C26H27N3O6S2. The number of nitrogens with zero attached hydrogens (tertiary/aromatic N) is 1. The molecule has 1 heterocycles. The molecule has 11 heteroatoms. The van der Waals surface area contributed by atoms with Crippen LogP contribution < -0.4 is 10.0 Å². The molecule has 2 atom stereocenters. The average molecular weight is 542 g/mol. The smallest absolute Gasteiger partial charge is 0.286 e. The van der Waals surface area contributed by atoms with Crippen molar-refractivity contribution in [3.8, 4) is 0 Å². The Morgan fingerprint density at radius 1 is 1.14 bits per heavy atom. The standard InChI is InChI=1S/C26H27N3O6S2/c1-26(14-13-16-7-3-4-8-16)19-10-6-5-9-18(19)23(30)22(24(26)31)25-27-20-12-11-17(28-36(2,32)33)15-21(20)37(34,35)29-25/h5-6,9-13,15,22,28H,3-4,7-8,14H2,1-2H3,(H,27,29). The van der Waals surface area contributed by atoms with E-state index in [0.29, 0.717) is 17.5 Å². The lowest BCUT2D eigenvalue weighted by atomic mass is 9.63. The van der Waals surface area contributed by atoms with E-state index in [1.807, 2.05) is 0 Å². The van der Waals surface area contributed by atoms with E-state index >= 15 is 0 Å². The lowest BCUT2D eigenvalue weighted by Crippen LogP contribution is -2.51. The van der Waals surface area contributed by atoms with Crippen molar-refractivity contribution in [3.05, 3.63) is 65.2 Å². The van der Waals surface area contributed by atoms with Crippen molar-refractivity contribution in [1.29, 1.82) is 0 Å². The van der Waals surface area contributed by atoms with Crippen LogP contribution in [0.15, 0.2) is 63.4 Å². The Labute approximate surface area is 216 Å². The van der Waals surface area contributed by atoms with Gasteiger partial charge in [0.15, 0.2) is 11.6 Å². The molecule has 2 aromatic rings. The fourth-order valence-electron chi connectivity index (χ4n) is 5.33. The summed E-state index contributed by atoms with van der Waals surface area (Å²) in [5.41, 5.74) is 1.42.